The normalized spacial score (nSPS) is 10.4. The zero-order chi connectivity index (χ0) is 18.4. The van der Waals surface area contributed by atoms with Crippen molar-refractivity contribution in [1.29, 1.82) is 0 Å². The molecule has 0 saturated carbocycles. The molecule has 2 N–H and O–H groups in total. The standard InChI is InChI=1S/C17H15IN4O2S2/c1-24-14-9-5-4-8-13(14)20-16-21-22-17(26-16)25-10-15(23)19-12-7-3-2-6-11(12)18/h2-9H,10H2,1H3,(H,19,23)(H,20,21). The minimum absolute atomic E-state index is 0.0754. The highest BCUT2D eigenvalue weighted by atomic mass is 127. The summed E-state index contributed by atoms with van der Waals surface area (Å²) in [6.07, 6.45) is 0. The number of para-hydroxylation sites is 3. The van der Waals surface area contributed by atoms with E-state index in [0.29, 0.717) is 5.13 Å². The number of ether oxygens (including phenoxy) is 1. The van der Waals surface area contributed by atoms with E-state index in [1.807, 2.05) is 48.5 Å². The van der Waals surface area contributed by atoms with E-state index in [-0.39, 0.29) is 11.7 Å². The highest BCUT2D eigenvalue weighted by Gasteiger charge is 2.11. The number of halogens is 1. The minimum atomic E-state index is -0.0754. The predicted octanol–water partition coefficient (Wildman–Crippen LogP) is 4.63. The fourth-order valence-electron chi connectivity index (χ4n) is 2.06. The first-order chi connectivity index (χ1) is 12.7. The average molecular weight is 498 g/mol. The monoisotopic (exact) mass is 498 g/mol. The lowest BCUT2D eigenvalue weighted by Gasteiger charge is -2.07. The largest absolute Gasteiger partial charge is 0.495 e. The van der Waals surface area contributed by atoms with Gasteiger partial charge in [-0.1, -0.05) is 47.4 Å². The Morgan fingerprint density at radius 1 is 1.15 bits per heavy atom. The van der Waals surface area contributed by atoms with Gasteiger partial charge < -0.3 is 15.4 Å². The van der Waals surface area contributed by atoms with Crippen molar-refractivity contribution in [3.05, 3.63) is 52.1 Å². The Bertz CT molecular complexity index is 904. The van der Waals surface area contributed by atoms with Gasteiger partial charge in [0.2, 0.25) is 11.0 Å². The molecule has 3 aromatic rings. The molecule has 0 aliphatic carbocycles. The van der Waals surface area contributed by atoms with Gasteiger partial charge in [0.15, 0.2) is 4.34 Å². The molecule has 1 amide bonds. The average Bonchev–Trinajstić information content (AvgIpc) is 3.10. The summed E-state index contributed by atoms with van der Waals surface area (Å²) in [6.45, 7) is 0. The molecule has 0 atom stereocenters. The quantitative estimate of drug-likeness (QED) is 0.366. The molecule has 134 valence electrons. The molecule has 0 radical (unpaired) electrons. The van der Waals surface area contributed by atoms with Crippen LogP contribution in [0.15, 0.2) is 52.9 Å². The fraction of sp³-hybridized carbons (Fsp3) is 0.118. The van der Waals surface area contributed by atoms with Crippen LogP contribution in [0.2, 0.25) is 0 Å². The molecule has 0 saturated heterocycles. The van der Waals surface area contributed by atoms with Gasteiger partial charge in [-0.2, -0.15) is 0 Å². The molecule has 0 spiro atoms. The summed E-state index contributed by atoms with van der Waals surface area (Å²) in [5.41, 5.74) is 1.63. The second-order valence-corrected chi connectivity index (χ2v) is 8.38. The first-order valence-electron chi connectivity index (χ1n) is 7.56. The van der Waals surface area contributed by atoms with E-state index in [0.717, 1.165) is 25.0 Å². The van der Waals surface area contributed by atoms with E-state index in [4.69, 9.17) is 4.74 Å². The maximum Gasteiger partial charge on any atom is 0.234 e. The molecule has 0 fully saturated rings. The Balaban J connectivity index is 1.55. The van der Waals surface area contributed by atoms with Crippen LogP contribution in [0.25, 0.3) is 0 Å². The molecule has 1 aromatic heterocycles. The molecule has 26 heavy (non-hydrogen) atoms. The van der Waals surface area contributed by atoms with Crippen LogP contribution in [0, 0.1) is 3.57 Å². The van der Waals surface area contributed by atoms with Gasteiger partial charge in [-0.15, -0.1) is 10.2 Å². The number of hydrogen-bond donors (Lipinski definition) is 2. The van der Waals surface area contributed by atoms with Gasteiger partial charge in [-0.05, 0) is 46.9 Å². The highest BCUT2D eigenvalue weighted by Crippen LogP contribution is 2.31. The van der Waals surface area contributed by atoms with Crippen molar-refractivity contribution in [1.82, 2.24) is 10.2 Å². The van der Waals surface area contributed by atoms with Gasteiger partial charge in [0.25, 0.3) is 0 Å². The van der Waals surface area contributed by atoms with Crippen LogP contribution in [-0.2, 0) is 4.79 Å². The number of aromatic nitrogens is 2. The smallest absolute Gasteiger partial charge is 0.234 e. The zero-order valence-corrected chi connectivity index (χ0v) is 17.5. The van der Waals surface area contributed by atoms with E-state index in [1.165, 1.54) is 23.1 Å². The molecule has 9 heteroatoms. The second kappa shape index (κ2) is 9.19. The molecule has 6 nitrogen and oxygen atoms in total. The molecule has 0 bridgehead atoms. The van der Waals surface area contributed by atoms with Crippen molar-refractivity contribution in [2.24, 2.45) is 0 Å². The van der Waals surface area contributed by atoms with Crippen LogP contribution in [0.1, 0.15) is 0 Å². The molecular weight excluding hydrogens is 483 g/mol. The van der Waals surface area contributed by atoms with E-state index in [1.54, 1.807) is 7.11 Å². The van der Waals surface area contributed by atoms with Crippen LogP contribution in [0.4, 0.5) is 16.5 Å². The second-order valence-electron chi connectivity index (χ2n) is 5.02. The van der Waals surface area contributed by atoms with Gasteiger partial charge in [-0.3, -0.25) is 4.79 Å². The van der Waals surface area contributed by atoms with E-state index in [2.05, 4.69) is 43.4 Å². The third-order valence-electron chi connectivity index (χ3n) is 3.23. The summed E-state index contributed by atoms with van der Waals surface area (Å²) >= 11 is 4.94. The Kier molecular flexibility index (Phi) is 6.69. The van der Waals surface area contributed by atoms with Crippen molar-refractivity contribution in [3.63, 3.8) is 0 Å². The molecule has 0 unspecified atom stereocenters. The molecule has 3 rings (SSSR count). The third kappa shape index (κ3) is 5.08. The number of carbonyl (C=O) groups excluding carboxylic acids is 1. The van der Waals surface area contributed by atoms with Crippen molar-refractivity contribution < 1.29 is 9.53 Å². The molecule has 1 heterocycles. The summed E-state index contributed by atoms with van der Waals surface area (Å²) in [4.78, 5) is 12.1. The van der Waals surface area contributed by atoms with Crippen LogP contribution in [0.5, 0.6) is 5.75 Å². The van der Waals surface area contributed by atoms with Gasteiger partial charge in [0.05, 0.1) is 24.2 Å². The number of nitrogens with zero attached hydrogens (tertiary/aromatic N) is 2. The fourth-order valence-corrected chi connectivity index (χ4v) is 4.14. The Morgan fingerprint density at radius 3 is 2.65 bits per heavy atom. The van der Waals surface area contributed by atoms with Gasteiger partial charge in [0.1, 0.15) is 5.75 Å². The van der Waals surface area contributed by atoms with E-state index >= 15 is 0 Å². The van der Waals surface area contributed by atoms with Crippen molar-refractivity contribution in [2.75, 3.05) is 23.5 Å². The molecule has 0 aliphatic rings. The van der Waals surface area contributed by atoms with E-state index in [9.17, 15) is 4.79 Å². The highest BCUT2D eigenvalue weighted by molar-refractivity contribution is 14.1. The summed E-state index contributed by atoms with van der Waals surface area (Å²) in [6, 6.07) is 15.2. The summed E-state index contributed by atoms with van der Waals surface area (Å²) in [5, 5.41) is 15.0. The first-order valence-corrected chi connectivity index (χ1v) is 10.4. The Hall–Kier alpha value is -1.85. The molecule has 0 aliphatic heterocycles. The van der Waals surface area contributed by atoms with Crippen molar-refractivity contribution in [3.8, 4) is 5.75 Å². The molecule has 2 aromatic carbocycles. The lowest BCUT2D eigenvalue weighted by Crippen LogP contribution is -2.14. The van der Waals surface area contributed by atoms with Crippen LogP contribution in [0.3, 0.4) is 0 Å². The number of rotatable bonds is 7. The third-order valence-corrected chi connectivity index (χ3v) is 6.14. The number of anilines is 3. The Morgan fingerprint density at radius 2 is 1.88 bits per heavy atom. The maximum absolute atomic E-state index is 12.1. The first kappa shape index (κ1) is 18.9. The lowest BCUT2D eigenvalue weighted by molar-refractivity contribution is -0.113. The van der Waals surface area contributed by atoms with Crippen LogP contribution < -0.4 is 15.4 Å². The lowest BCUT2D eigenvalue weighted by atomic mass is 10.3. The van der Waals surface area contributed by atoms with Gasteiger partial charge >= 0.3 is 0 Å². The number of carbonyl (C=O) groups is 1. The van der Waals surface area contributed by atoms with Gasteiger partial charge in [0, 0.05) is 3.57 Å². The van der Waals surface area contributed by atoms with E-state index < -0.39 is 0 Å². The predicted molar refractivity (Wildman–Crippen MR) is 115 cm³/mol. The number of methoxy groups -OCH3 is 1. The van der Waals surface area contributed by atoms with Crippen LogP contribution >= 0.6 is 45.7 Å². The summed E-state index contributed by atoms with van der Waals surface area (Å²) in [5.74, 6) is 0.927. The number of thioether (sulfide) groups is 1. The van der Waals surface area contributed by atoms with Crippen LogP contribution in [-0.4, -0.2) is 29.0 Å². The number of benzene rings is 2. The summed E-state index contributed by atoms with van der Waals surface area (Å²) in [7, 11) is 1.62. The number of hydrogen-bond acceptors (Lipinski definition) is 7. The zero-order valence-electron chi connectivity index (χ0n) is 13.7. The SMILES string of the molecule is COc1ccccc1Nc1nnc(SCC(=O)Nc2ccccc2I)s1. The van der Waals surface area contributed by atoms with Crippen molar-refractivity contribution >= 4 is 68.1 Å². The number of amides is 1. The number of nitrogens with one attached hydrogen (secondary N) is 2. The maximum atomic E-state index is 12.1. The van der Waals surface area contributed by atoms with Crippen molar-refractivity contribution in [2.45, 2.75) is 4.34 Å². The minimum Gasteiger partial charge on any atom is -0.495 e. The topological polar surface area (TPSA) is 76.1 Å². The van der Waals surface area contributed by atoms with Gasteiger partial charge in [-0.25, -0.2) is 0 Å². The Labute approximate surface area is 172 Å². The molecular formula is C17H15IN4O2S2. The summed E-state index contributed by atoms with van der Waals surface area (Å²) < 4.78 is 7.03.